The number of hydrogen-bond acceptors (Lipinski definition) is 5. The Labute approximate surface area is 133 Å². The summed E-state index contributed by atoms with van der Waals surface area (Å²) in [6.45, 7) is 3.63. The fraction of sp³-hybridized carbons (Fsp3) is 0.588. The van der Waals surface area contributed by atoms with Crippen molar-refractivity contribution in [1.82, 2.24) is 9.80 Å². The number of carbonyl (C=O) groups is 1. The van der Waals surface area contributed by atoms with Crippen molar-refractivity contribution in [2.24, 2.45) is 0 Å². The van der Waals surface area contributed by atoms with Gasteiger partial charge in [-0.1, -0.05) is 13.3 Å². The second-order valence-corrected chi connectivity index (χ2v) is 6.11. The summed E-state index contributed by atoms with van der Waals surface area (Å²) in [6, 6.07) is 3.45. The smallest absolute Gasteiger partial charge is 0.338 e. The van der Waals surface area contributed by atoms with Gasteiger partial charge in [0, 0.05) is 24.2 Å². The molecule has 1 rings (SSSR count). The molecule has 0 aliphatic rings. The molecule has 0 heterocycles. The molecule has 5 nitrogen and oxygen atoms in total. The second-order valence-electron chi connectivity index (χ2n) is 6.11. The van der Waals surface area contributed by atoms with E-state index >= 15 is 0 Å². The van der Waals surface area contributed by atoms with Crippen molar-refractivity contribution in [2.75, 3.05) is 34.8 Å². The third-order valence-electron chi connectivity index (χ3n) is 3.21. The van der Waals surface area contributed by atoms with Crippen LogP contribution in [0.4, 0.5) is 0 Å². The maximum absolute atomic E-state index is 12.2. The Balaban J connectivity index is 3.07. The quantitative estimate of drug-likeness (QED) is 0.590. The van der Waals surface area contributed by atoms with Gasteiger partial charge in [0.2, 0.25) is 0 Å². The average Bonchev–Trinajstić information content (AvgIpc) is 2.42. The van der Waals surface area contributed by atoms with Crippen LogP contribution in [0.3, 0.4) is 0 Å². The lowest BCUT2D eigenvalue weighted by atomic mass is 10.0. The third kappa shape index (κ3) is 5.66. The van der Waals surface area contributed by atoms with Gasteiger partial charge in [-0.05, 0) is 46.7 Å². The number of carbonyl (C=O) groups excluding carboxylic acids is 1. The number of unbranched alkanes of at least 4 members (excludes halogenated alkanes) is 1. The largest absolute Gasteiger partial charge is 0.507 e. The predicted molar refractivity (Wildman–Crippen MR) is 88.1 cm³/mol. The lowest BCUT2D eigenvalue weighted by Gasteiger charge is -2.18. The number of benzene rings is 1. The van der Waals surface area contributed by atoms with Crippen LogP contribution in [0.1, 0.15) is 41.3 Å². The summed E-state index contributed by atoms with van der Waals surface area (Å²) in [5, 5.41) is 10.4. The Morgan fingerprint density at radius 2 is 1.59 bits per heavy atom. The van der Waals surface area contributed by atoms with E-state index < -0.39 is 0 Å². The standard InChI is InChI=1S/C17H28N2O3/c1-6-7-8-22-17(21)13-9-14(11-18(2)3)16(20)15(10-13)12-19(4)5/h9-10,20H,6-8,11-12H2,1-5H3. The number of hydrogen-bond donors (Lipinski definition) is 1. The first-order valence-electron chi connectivity index (χ1n) is 7.66. The second kappa shape index (κ2) is 8.76. The highest BCUT2D eigenvalue weighted by Crippen LogP contribution is 2.27. The minimum atomic E-state index is -0.325. The Bertz CT molecular complexity index is 468. The van der Waals surface area contributed by atoms with E-state index in [2.05, 4.69) is 6.92 Å². The van der Waals surface area contributed by atoms with Crippen LogP contribution in [0.5, 0.6) is 5.75 Å². The molecule has 0 unspecified atom stereocenters. The van der Waals surface area contributed by atoms with Crippen molar-refractivity contribution >= 4 is 5.97 Å². The molecule has 0 radical (unpaired) electrons. The van der Waals surface area contributed by atoms with Gasteiger partial charge in [-0.3, -0.25) is 0 Å². The van der Waals surface area contributed by atoms with Crippen LogP contribution in [-0.2, 0) is 17.8 Å². The Kier molecular flexibility index (Phi) is 7.35. The van der Waals surface area contributed by atoms with Crippen LogP contribution in [0.25, 0.3) is 0 Å². The maximum atomic E-state index is 12.2. The number of nitrogens with zero attached hydrogens (tertiary/aromatic N) is 2. The minimum Gasteiger partial charge on any atom is -0.507 e. The number of rotatable bonds is 8. The summed E-state index contributed by atoms with van der Waals surface area (Å²) in [5.74, 6) is -0.0685. The van der Waals surface area contributed by atoms with Crippen LogP contribution in [0, 0.1) is 0 Å². The highest BCUT2D eigenvalue weighted by Gasteiger charge is 2.16. The molecule has 1 aromatic rings. The van der Waals surface area contributed by atoms with Gasteiger partial charge in [0.25, 0.3) is 0 Å². The van der Waals surface area contributed by atoms with Crippen LogP contribution in [-0.4, -0.2) is 55.7 Å². The molecule has 0 bridgehead atoms. The van der Waals surface area contributed by atoms with E-state index in [1.54, 1.807) is 12.1 Å². The molecule has 0 saturated heterocycles. The zero-order valence-electron chi connectivity index (χ0n) is 14.3. The zero-order chi connectivity index (χ0) is 16.7. The normalized spacial score (nSPS) is 11.2. The molecule has 0 saturated carbocycles. The van der Waals surface area contributed by atoms with Gasteiger partial charge < -0.3 is 19.6 Å². The lowest BCUT2D eigenvalue weighted by molar-refractivity contribution is 0.0499. The van der Waals surface area contributed by atoms with E-state index in [4.69, 9.17) is 4.74 Å². The van der Waals surface area contributed by atoms with Gasteiger partial charge in [0.05, 0.1) is 12.2 Å². The zero-order valence-corrected chi connectivity index (χ0v) is 14.3. The molecule has 0 aliphatic heterocycles. The fourth-order valence-electron chi connectivity index (χ4n) is 2.19. The summed E-state index contributed by atoms with van der Waals surface area (Å²) < 4.78 is 5.28. The number of phenols is 1. The molecule has 0 fully saturated rings. The number of ether oxygens (including phenoxy) is 1. The maximum Gasteiger partial charge on any atom is 0.338 e. The molecular weight excluding hydrogens is 280 g/mol. The molecule has 22 heavy (non-hydrogen) atoms. The first-order chi connectivity index (χ1) is 10.3. The first-order valence-corrected chi connectivity index (χ1v) is 7.66. The summed E-state index contributed by atoms with van der Waals surface area (Å²) >= 11 is 0. The van der Waals surface area contributed by atoms with Crippen LogP contribution >= 0.6 is 0 Å². The molecule has 5 heteroatoms. The number of esters is 1. The van der Waals surface area contributed by atoms with Crippen molar-refractivity contribution in [2.45, 2.75) is 32.9 Å². The summed E-state index contributed by atoms with van der Waals surface area (Å²) in [4.78, 5) is 16.1. The highest BCUT2D eigenvalue weighted by molar-refractivity contribution is 5.90. The van der Waals surface area contributed by atoms with E-state index in [-0.39, 0.29) is 11.7 Å². The van der Waals surface area contributed by atoms with Crippen molar-refractivity contribution in [3.63, 3.8) is 0 Å². The van der Waals surface area contributed by atoms with E-state index in [9.17, 15) is 9.90 Å². The number of aromatic hydroxyl groups is 1. The SMILES string of the molecule is CCCCOC(=O)c1cc(CN(C)C)c(O)c(CN(C)C)c1. The van der Waals surface area contributed by atoms with Gasteiger partial charge >= 0.3 is 5.97 Å². The molecule has 0 spiro atoms. The van der Waals surface area contributed by atoms with E-state index in [0.717, 1.165) is 24.0 Å². The predicted octanol–water partition coefficient (Wildman–Crippen LogP) is 2.47. The first kappa shape index (κ1) is 18.5. The molecule has 1 aromatic carbocycles. The van der Waals surface area contributed by atoms with E-state index in [1.807, 2.05) is 38.0 Å². The van der Waals surface area contributed by atoms with Gasteiger partial charge in [-0.25, -0.2) is 4.79 Å². The molecule has 0 aliphatic carbocycles. The Hall–Kier alpha value is -1.59. The van der Waals surface area contributed by atoms with E-state index in [0.29, 0.717) is 25.3 Å². The number of phenolic OH excluding ortho intramolecular Hbond substituents is 1. The lowest BCUT2D eigenvalue weighted by Crippen LogP contribution is -2.16. The highest BCUT2D eigenvalue weighted by atomic mass is 16.5. The van der Waals surface area contributed by atoms with Crippen LogP contribution < -0.4 is 0 Å². The van der Waals surface area contributed by atoms with Crippen molar-refractivity contribution in [1.29, 1.82) is 0 Å². The molecule has 1 N–H and O–H groups in total. The molecule has 124 valence electrons. The van der Waals surface area contributed by atoms with Crippen molar-refractivity contribution in [3.05, 3.63) is 28.8 Å². The average molecular weight is 308 g/mol. The van der Waals surface area contributed by atoms with Crippen LogP contribution in [0.15, 0.2) is 12.1 Å². The van der Waals surface area contributed by atoms with Gasteiger partial charge in [-0.15, -0.1) is 0 Å². The summed E-state index contributed by atoms with van der Waals surface area (Å²) in [5.41, 5.74) is 1.99. The van der Waals surface area contributed by atoms with Crippen molar-refractivity contribution < 1.29 is 14.6 Å². The third-order valence-corrected chi connectivity index (χ3v) is 3.21. The van der Waals surface area contributed by atoms with Gasteiger partial charge in [0.15, 0.2) is 0 Å². The monoisotopic (exact) mass is 308 g/mol. The summed E-state index contributed by atoms with van der Waals surface area (Å²) in [7, 11) is 7.71. The fourth-order valence-corrected chi connectivity index (χ4v) is 2.19. The molecular formula is C17H28N2O3. The van der Waals surface area contributed by atoms with E-state index in [1.165, 1.54) is 0 Å². The minimum absolute atomic E-state index is 0.257. The van der Waals surface area contributed by atoms with Crippen molar-refractivity contribution in [3.8, 4) is 5.75 Å². The van der Waals surface area contributed by atoms with Gasteiger partial charge in [0.1, 0.15) is 5.75 Å². The Morgan fingerprint density at radius 3 is 2.00 bits per heavy atom. The summed E-state index contributed by atoms with van der Waals surface area (Å²) in [6.07, 6.45) is 1.85. The molecule has 0 amide bonds. The molecule has 0 atom stereocenters. The topological polar surface area (TPSA) is 53.0 Å². The molecule has 0 aromatic heterocycles. The van der Waals surface area contributed by atoms with Crippen LogP contribution in [0.2, 0.25) is 0 Å². The van der Waals surface area contributed by atoms with Gasteiger partial charge in [-0.2, -0.15) is 0 Å². The Morgan fingerprint density at radius 1 is 1.09 bits per heavy atom.